The van der Waals surface area contributed by atoms with Gasteiger partial charge in [-0.15, -0.1) is 0 Å². The molecule has 0 spiro atoms. The molecule has 7 nitrogen and oxygen atoms in total. The van der Waals surface area contributed by atoms with Crippen molar-refractivity contribution in [2.24, 2.45) is 0 Å². The van der Waals surface area contributed by atoms with Gasteiger partial charge >= 0.3 is 0 Å². The molecule has 0 unspecified atom stereocenters. The summed E-state index contributed by atoms with van der Waals surface area (Å²) in [5, 5.41) is 8.67. The number of thiocarbonyl (C=S) groups is 1. The van der Waals surface area contributed by atoms with Crippen LogP contribution in [0.1, 0.15) is 51.9 Å². The quantitative estimate of drug-likeness (QED) is 0.416. The normalized spacial score (nSPS) is 19.9. The Morgan fingerprint density at radius 2 is 1.86 bits per heavy atom. The first-order valence-electron chi connectivity index (χ1n) is 10.4. The van der Waals surface area contributed by atoms with Crippen molar-refractivity contribution < 1.29 is 0 Å². The second-order valence-corrected chi connectivity index (χ2v) is 9.04. The average molecular weight is 430 g/mol. The summed E-state index contributed by atoms with van der Waals surface area (Å²) >= 11 is 6.96. The number of rotatable bonds is 5. The van der Waals surface area contributed by atoms with E-state index in [0.717, 1.165) is 17.4 Å². The summed E-state index contributed by atoms with van der Waals surface area (Å²) in [6.45, 7) is 3.27. The molecule has 154 valence electrons. The van der Waals surface area contributed by atoms with Crippen LogP contribution in [0.3, 0.4) is 0 Å². The van der Waals surface area contributed by atoms with Crippen molar-refractivity contribution in [3.63, 3.8) is 0 Å². The van der Waals surface area contributed by atoms with E-state index >= 15 is 0 Å². The summed E-state index contributed by atoms with van der Waals surface area (Å²) in [6.07, 6.45) is 12.0. The Bertz CT molecular complexity index is 827. The van der Waals surface area contributed by atoms with E-state index in [2.05, 4.69) is 37.4 Å². The number of nitrogens with one attached hydrogen (secondary N) is 2. The van der Waals surface area contributed by atoms with Gasteiger partial charge in [0.2, 0.25) is 5.95 Å². The molecule has 1 saturated carbocycles. The molecule has 1 atom stereocenters. The van der Waals surface area contributed by atoms with E-state index in [4.69, 9.17) is 17.2 Å². The lowest BCUT2D eigenvalue weighted by molar-refractivity contribution is 0.480. The molecule has 3 heterocycles. The zero-order chi connectivity index (χ0) is 20.1. The minimum absolute atomic E-state index is 0.451. The second kappa shape index (κ2) is 9.67. The van der Waals surface area contributed by atoms with Gasteiger partial charge in [-0.2, -0.15) is 4.98 Å². The number of nitrogens with zero attached hydrogens (tertiary/aromatic N) is 5. The molecule has 2 aliphatic rings. The van der Waals surface area contributed by atoms with Crippen molar-refractivity contribution in [2.75, 3.05) is 16.8 Å². The monoisotopic (exact) mass is 429 g/mol. The third-order valence-corrected chi connectivity index (χ3v) is 6.47. The maximum atomic E-state index is 5.52. The van der Waals surface area contributed by atoms with Crippen molar-refractivity contribution >= 4 is 40.9 Å². The van der Waals surface area contributed by atoms with Crippen molar-refractivity contribution in [3.8, 4) is 0 Å². The van der Waals surface area contributed by atoms with Gasteiger partial charge in [-0.3, -0.25) is 0 Å². The van der Waals surface area contributed by atoms with Gasteiger partial charge in [0.25, 0.3) is 0 Å². The predicted octanol–water partition coefficient (Wildman–Crippen LogP) is 4.03. The first-order valence-corrected chi connectivity index (χ1v) is 11.6. The zero-order valence-electron chi connectivity index (χ0n) is 16.7. The lowest BCUT2D eigenvalue weighted by Gasteiger charge is -2.34. The van der Waals surface area contributed by atoms with Gasteiger partial charge in [0, 0.05) is 37.1 Å². The average Bonchev–Trinajstić information content (AvgIpc) is 3.22. The van der Waals surface area contributed by atoms with Crippen molar-refractivity contribution in [1.82, 2.24) is 25.3 Å². The fourth-order valence-electron chi connectivity index (χ4n) is 3.93. The van der Waals surface area contributed by atoms with E-state index in [0.29, 0.717) is 28.3 Å². The Labute approximate surface area is 181 Å². The summed E-state index contributed by atoms with van der Waals surface area (Å²) in [4.78, 5) is 20.4. The molecule has 9 heteroatoms. The Hall–Kier alpha value is -2.00. The highest BCUT2D eigenvalue weighted by Crippen LogP contribution is 2.30. The number of hydrogen-bond acceptors (Lipinski definition) is 7. The van der Waals surface area contributed by atoms with Gasteiger partial charge in [-0.1, -0.05) is 12.8 Å². The van der Waals surface area contributed by atoms with Gasteiger partial charge in [-0.25, -0.2) is 15.0 Å². The second-order valence-electron chi connectivity index (χ2n) is 7.64. The highest BCUT2D eigenvalue weighted by atomic mass is 32.2. The molecule has 2 aromatic heterocycles. The van der Waals surface area contributed by atoms with Crippen LogP contribution in [0.15, 0.2) is 34.7 Å². The fourth-order valence-corrected chi connectivity index (χ4v) is 4.90. The minimum atomic E-state index is 0.451. The zero-order valence-corrected chi connectivity index (χ0v) is 18.3. The van der Waals surface area contributed by atoms with E-state index in [1.165, 1.54) is 56.7 Å². The molecule has 2 aromatic rings. The number of anilines is 2. The summed E-state index contributed by atoms with van der Waals surface area (Å²) in [6, 6.07) is 4.75. The Kier molecular flexibility index (Phi) is 6.76. The van der Waals surface area contributed by atoms with Crippen LogP contribution in [0, 0.1) is 0 Å². The maximum Gasteiger partial charge on any atom is 0.232 e. The minimum Gasteiger partial charge on any atom is -0.360 e. The molecule has 29 heavy (non-hydrogen) atoms. The van der Waals surface area contributed by atoms with Crippen LogP contribution in [0.4, 0.5) is 11.8 Å². The van der Waals surface area contributed by atoms with Crippen molar-refractivity contribution in [3.05, 3.63) is 24.5 Å². The van der Waals surface area contributed by atoms with Gasteiger partial charge in [0.1, 0.15) is 10.8 Å². The molecule has 1 saturated heterocycles. The van der Waals surface area contributed by atoms with Crippen LogP contribution < -0.4 is 15.5 Å². The smallest absolute Gasteiger partial charge is 0.232 e. The molecule has 2 fully saturated rings. The third-order valence-electron chi connectivity index (χ3n) is 5.44. The number of hydrogen-bond donors (Lipinski definition) is 2. The molecule has 0 radical (unpaired) electrons. The molecular weight excluding hydrogens is 402 g/mol. The third kappa shape index (κ3) is 5.54. The maximum absolute atomic E-state index is 5.52. The molecule has 0 bridgehead atoms. The first-order chi connectivity index (χ1) is 14.2. The number of piperidine rings is 1. The van der Waals surface area contributed by atoms with Gasteiger partial charge in [0.15, 0.2) is 10.3 Å². The molecule has 1 aliphatic heterocycles. The Morgan fingerprint density at radius 1 is 1.10 bits per heavy atom. The van der Waals surface area contributed by atoms with Crippen molar-refractivity contribution in [2.45, 2.75) is 74.1 Å². The summed E-state index contributed by atoms with van der Waals surface area (Å²) in [5.74, 6) is 1.45. The summed E-state index contributed by atoms with van der Waals surface area (Å²) < 4.78 is 0. The topological polar surface area (TPSA) is 78.9 Å². The lowest BCUT2D eigenvalue weighted by atomic mass is 10.0. The highest BCUT2D eigenvalue weighted by Gasteiger charge is 2.22. The van der Waals surface area contributed by atoms with E-state index < -0.39 is 0 Å². The van der Waals surface area contributed by atoms with Crippen LogP contribution >= 0.6 is 24.0 Å². The van der Waals surface area contributed by atoms with E-state index in [9.17, 15) is 0 Å². The van der Waals surface area contributed by atoms with E-state index in [-0.39, 0.29) is 0 Å². The van der Waals surface area contributed by atoms with Crippen LogP contribution in [0.25, 0.3) is 0 Å². The summed E-state index contributed by atoms with van der Waals surface area (Å²) in [7, 11) is 0. The van der Waals surface area contributed by atoms with Crippen LogP contribution in [0.5, 0.6) is 0 Å². The van der Waals surface area contributed by atoms with Gasteiger partial charge in [0.05, 0.1) is 0 Å². The Morgan fingerprint density at radius 3 is 2.62 bits per heavy atom. The van der Waals surface area contributed by atoms with Gasteiger partial charge in [-0.05, 0) is 69.1 Å². The van der Waals surface area contributed by atoms with Crippen LogP contribution in [-0.4, -0.2) is 43.7 Å². The largest absolute Gasteiger partial charge is 0.360 e. The first kappa shape index (κ1) is 20.3. The molecule has 0 amide bonds. The predicted molar refractivity (Wildman–Crippen MR) is 120 cm³/mol. The van der Waals surface area contributed by atoms with Gasteiger partial charge < -0.3 is 15.5 Å². The molecule has 2 N–H and O–H groups in total. The van der Waals surface area contributed by atoms with E-state index in [1.807, 2.05) is 12.1 Å². The molecular formula is C20H27N7S2. The standard InChI is InChI=1S/C20H27N7S2/c1-14-7-4-5-12-27(14)16-13-17(29-20-21-10-6-11-22-20)25-18(24-16)26-19(28)23-15-8-2-3-9-15/h6,10-11,13-15H,2-5,7-9,12H2,1H3,(H2,23,24,25,26,28)/t14-/m0/s1. The molecule has 4 rings (SSSR count). The summed E-state index contributed by atoms with van der Waals surface area (Å²) in [5.41, 5.74) is 0. The SMILES string of the molecule is C[C@H]1CCCCN1c1cc(Sc2ncccn2)nc(NC(=S)NC2CCCC2)n1. The van der Waals surface area contributed by atoms with Crippen LogP contribution in [-0.2, 0) is 0 Å². The number of aromatic nitrogens is 4. The van der Waals surface area contributed by atoms with Crippen molar-refractivity contribution in [1.29, 1.82) is 0 Å². The molecule has 1 aliphatic carbocycles. The molecule has 0 aromatic carbocycles. The Balaban J connectivity index is 1.55. The van der Waals surface area contributed by atoms with E-state index in [1.54, 1.807) is 12.4 Å². The van der Waals surface area contributed by atoms with Crippen LogP contribution in [0.2, 0.25) is 0 Å². The lowest BCUT2D eigenvalue weighted by Crippen LogP contribution is -2.39. The highest BCUT2D eigenvalue weighted by molar-refractivity contribution is 7.99. The fraction of sp³-hybridized carbons (Fsp3) is 0.550.